The second-order valence-corrected chi connectivity index (χ2v) is 8.86. The third kappa shape index (κ3) is 4.69. The van der Waals surface area contributed by atoms with Crippen LogP contribution in [0.2, 0.25) is 0 Å². The number of hydrogen-bond donors (Lipinski definition) is 0. The molecule has 3 rings (SSSR count). The summed E-state index contributed by atoms with van der Waals surface area (Å²) in [5.74, 6) is -0.0400. The van der Waals surface area contributed by atoms with Crippen molar-refractivity contribution < 1.29 is 22.3 Å². The lowest BCUT2D eigenvalue weighted by atomic mass is 10.2. The number of methoxy groups -OCH3 is 1. The molecule has 0 N–H and O–H groups in total. The highest BCUT2D eigenvalue weighted by molar-refractivity contribution is 7.89. The molecule has 1 saturated carbocycles. The van der Waals surface area contributed by atoms with E-state index < -0.39 is 15.8 Å². The maximum absolute atomic E-state index is 13.1. The standard InChI is InChI=1S/C20H23FN2O4S/c1-22(28(25,26)19-11-5-16(21)6-12-19)14-20(24)23(17-7-8-17)13-15-3-9-18(27-2)10-4-15/h3-6,9-12,17H,7-8,13-14H2,1-2H3. The van der Waals surface area contributed by atoms with Gasteiger partial charge in [0.05, 0.1) is 18.6 Å². The number of rotatable bonds is 8. The first-order valence-electron chi connectivity index (χ1n) is 8.95. The van der Waals surface area contributed by atoms with Gasteiger partial charge in [-0.3, -0.25) is 4.79 Å². The molecule has 2 aromatic rings. The predicted molar refractivity (Wildman–Crippen MR) is 103 cm³/mol. The second-order valence-electron chi connectivity index (χ2n) is 6.82. The van der Waals surface area contributed by atoms with E-state index in [0.29, 0.717) is 6.54 Å². The van der Waals surface area contributed by atoms with Gasteiger partial charge < -0.3 is 9.64 Å². The fourth-order valence-corrected chi connectivity index (χ4v) is 4.01. The van der Waals surface area contributed by atoms with Crippen molar-refractivity contribution in [2.24, 2.45) is 0 Å². The Morgan fingerprint density at radius 2 is 1.71 bits per heavy atom. The van der Waals surface area contributed by atoms with E-state index in [9.17, 15) is 17.6 Å². The summed E-state index contributed by atoms with van der Waals surface area (Å²) in [6.07, 6.45) is 1.83. The molecule has 0 atom stereocenters. The van der Waals surface area contributed by atoms with Gasteiger partial charge in [-0.25, -0.2) is 12.8 Å². The summed E-state index contributed by atoms with van der Waals surface area (Å²) in [7, 11) is -0.923. The minimum absolute atomic E-state index is 0.0441. The highest BCUT2D eigenvalue weighted by Gasteiger charge is 2.34. The highest BCUT2D eigenvalue weighted by Crippen LogP contribution is 2.29. The summed E-state index contributed by atoms with van der Waals surface area (Å²) < 4.78 is 44.5. The van der Waals surface area contributed by atoms with Gasteiger partial charge in [0.2, 0.25) is 15.9 Å². The van der Waals surface area contributed by atoms with Gasteiger partial charge in [0, 0.05) is 19.6 Å². The highest BCUT2D eigenvalue weighted by atomic mass is 32.2. The summed E-state index contributed by atoms with van der Waals surface area (Å²) >= 11 is 0. The van der Waals surface area contributed by atoms with Crippen molar-refractivity contribution in [3.8, 4) is 5.75 Å². The quantitative estimate of drug-likeness (QED) is 0.676. The van der Waals surface area contributed by atoms with Crippen LogP contribution in [0.3, 0.4) is 0 Å². The Hall–Kier alpha value is -2.45. The van der Waals surface area contributed by atoms with Gasteiger partial charge in [-0.05, 0) is 54.8 Å². The molecular formula is C20H23FN2O4S. The Bertz CT molecular complexity index is 926. The third-order valence-corrected chi connectivity index (χ3v) is 6.52. The molecule has 8 heteroatoms. The van der Waals surface area contributed by atoms with Crippen LogP contribution in [0.25, 0.3) is 0 Å². The lowest BCUT2D eigenvalue weighted by Crippen LogP contribution is -2.41. The van der Waals surface area contributed by atoms with E-state index >= 15 is 0 Å². The number of carbonyl (C=O) groups is 1. The molecule has 150 valence electrons. The Balaban J connectivity index is 1.70. The van der Waals surface area contributed by atoms with Crippen LogP contribution in [0.5, 0.6) is 5.75 Å². The summed E-state index contributed by atoms with van der Waals surface area (Å²) in [4.78, 5) is 14.5. The predicted octanol–water partition coefficient (Wildman–Crippen LogP) is 2.65. The molecule has 0 saturated heterocycles. The number of likely N-dealkylation sites (N-methyl/N-ethyl adjacent to an activating group) is 1. The van der Waals surface area contributed by atoms with Crippen LogP contribution in [0.15, 0.2) is 53.4 Å². The number of ether oxygens (including phenoxy) is 1. The molecule has 0 unspecified atom stereocenters. The first kappa shape index (κ1) is 20.3. The maximum Gasteiger partial charge on any atom is 0.243 e. The zero-order valence-corrected chi connectivity index (χ0v) is 16.7. The van der Waals surface area contributed by atoms with Crippen molar-refractivity contribution >= 4 is 15.9 Å². The molecule has 0 spiro atoms. The molecule has 0 aliphatic heterocycles. The lowest BCUT2D eigenvalue weighted by molar-refractivity contribution is -0.132. The molecule has 2 aromatic carbocycles. The SMILES string of the molecule is COc1ccc(CN(C(=O)CN(C)S(=O)(=O)c2ccc(F)cc2)C2CC2)cc1. The van der Waals surface area contributed by atoms with Crippen molar-refractivity contribution in [2.75, 3.05) is 20.7 Å². The monoisotopic (exact) mass is 406 g/mol. The largest absolute Gasteiger partial charge is 0.497 e. The summed E-state index contributed by atoms with van der Waals surface area (Å²) in [5, 5.41) is 0. The Kier molecular flexibility index (Phi) is 6.00. The van der Waals surface area contributed by atoms with Crippen LogP contribution in [-0.4, -0.2) is 50.3 Å². The zero-order chi connectivity index (χ0) is 20.3. The number of benzene rings is 2. The van der Waals surface area contributed by atoms with Crippen molar-refractivity contribution in [1.29, 1.82) is 0 Å². The number of hydrogen-bond acceptors (Lipinski definition) is 4. The van der Waals surface area contributed by atoms with Gasteiger partial charge >= 0.3 is 0 Å². The molecule has 6 nitrogen and oxygen atoms in total. The first-order chi connectivity index (χ1) is 13.3. The van der Waals surface area contributed by atoms with Gasteiger partial charge in [-0.1, -0.05) is 12.1 Å². The van der Waals surface area contributed by atoms with E-state index in [1.54, 1.807) is 12.0 Å². The van der Waals surface area contributed by atoms with Crippen LogP contribution >= 0.6 is 0 Å². The number of halogens is 1. The zero-order valence-electron chi connectivity index (χ0n) is 15.8. The molecule has 0 aromatic heterocycles. The van der Waals surface area contributed by atoms with Crippen LogP contribution in [-0.2, 0) is 21.4 Å². The van der Waals surface area contributed by atoms with Gasteiger partial charge in [0.1, 0.15) is 11.6 Å². The van der Waals surface area contributed by atoms with Crippen LogP contribution in [0.1, 0.15) is 18.4 Å². The fourth-order valence-electron chi connectivity index (χ4n) is 2.89. The number of sulfonamides is 1. The second kappa shape index (κ2) is 8.28. The molecule has 1 aliphatic carbocycles. The molecular weight excluding hydrogens is 383 g/mol. The molecule has 1 amide bonds. The Morgan fingerprint density at radius 1 is 1.11 bits per heavy atom. The van der Waals surface area contributed by atoms with E-state index in [4.69, 9.17) is 4.74 Å². The number of nitrogens with zero attached hydrogens (tertiary/aromatic N) is 2. The molecule has 28 heavy (non-hydrogen) atoms. The van der Waals surface area contributed by atoms with Crippen molar-refractivity contribution in [3.63, 3.8) is 0 Å². The summed E-state index contributed by atoms with van der Waals surface area (Å²) in [6, 6.07) is 12.1. The fraction of sp³-hybridized carbons (Fsp3) is 0.350. The summed E-state index contributed by atoms with van der Waals surface area (Å²) in [5.41, 5.74) is 0.949. The molecule has 1 aliphatic rings. The molecule has 0 heterocycles. The van der Waals surface area contributed by atoms with E-state index in [-0.39, 0.29) is 23.4 Å². The van der Waals surface area contributed by atoms with E-state index in [2.05, 4.69) is 0 Å². The first-order valence-corrected chi connectivity index (χ1v) is 10.4. The van der Waals surface area contributed by atoms with Crippen molar-refractivity contribution in [2.45, 2.75) is 30.3 Å². The van der Waals surface area contributed by atoms with Crippen LogP contribution in [0.4, 0.5) is 4.39 Å². The van der Waals surface area contributed by atoms with Crippen molar-refractivity contribution in [1.82, 2.24) is 9.21 Å². The minimum Gasteiger partial charge on any atom is -0.497 e. The molecule has 0 radical (unpaired) electrons. The third-order valence-electron chi connectivity index (χ3n) is 4.70. The van der Waals surface area contributed by atoms with Gasteiger partial charge in [-0.15, -0.1) is 0 Å². The Labute approximate surface area is 164 Å². The van der Waals surface area contributed by atoms with Gasteiger partial charge in [0.25, 0.3) is 0 Å². The van der Waals surface area contributed by atoms with Crippen molar-refractivity contribution in [3.05, 3.63) is 59.9 Å². The number of carbonyl (C=O) groups excluding carboxylic acids is 1. The lowest BCUT2D eigenvalue weighted by Gasteiger charge is -2.25. The normalized spacial score (nSPS) is 14.1. The van der Waals surface area contributed by atoms with Crippen LogP contribution < -0.4 is 4.74 Å². The van der Waals surface area contributed by atoms with E-state index in [1.165, 1.54) is 19.2 Å². The topological polar surface area (TPSA) is 66.9 Å². The Morgan fingerprint density at radius 3 is 2.25 bits per heavy atom. The maximum atomic E-state index is 13.1. The van der Waals surface area contributed by atoms with Gasteiger partial charge in [0.15, 0.2) is 0 Å². The minimum atomic E-state index is -3.87. The average Bonchev–Trinajstić information content (AvgIpc) is 3.51. The smallest absolute Gasteiger partial charge is 0.243 e. The number of amides is 1. The molecule has 0 bridgehead atoms. The van der Waals surface area contributed by atoms with E-state index in [1.807, 2.05) is 24.3 Å². The van der Waals surface area contributed by atoms with Crippen LogP contribution in [0, 0.1) is 5.82 Å². The average molecular weight is 406 g/mol. The molecule has 1 fully saturated rings. The summed E-state index contributed by atoms with van der Waals surface area (Å²) in [6.45, 7) is 0.143. The van der Waals surface area contributed by atoms with E-state index in [0.717, 1.165) is 40.6 Å². The van der Waals surface area contributed by atoms with Gasteiger partial charge in [-0.2, -0.15) is 4.31 Å².